The number of halogens is 6. The number of fused-ring (bicyclic) bond motifs is 1. The molecule has 12 heteroatoms. The van der Waals surface area contributed by atoms with Gasteiger partial charge in [0.15, 0.2) is 5.82 Å². The van der Waals surface area contributed by atoms with Crippen LogP contribution in [0.25, 0.3) is 10.9 Å². The van der Waals surface area contributed by atoms with E-state index in [2.05, 4.69) is 0 Å². The van der Waals surface area contributed by atoms with Crippen molar-refractivity contribution >= 4 is 16.6 Å². The highest BCUT2D eigenvalue weighted by atomic mass is 19.4. The van der Waals surface area contributed by atoms with Crippen LogP contribution in [0.4, 0.5) is 32.0 Å². The third-order valence-corrected chi connectivity index (χ3v) is 6.13. The van der Waals surface area contributed by atoms with Crippen LogP contribution >= 0.6 is 0 Å². The largest absolute Gasteiger partial charge is 0.403 e. The van der Waals surface area contributed by atoms with Crippen LogP contribution in [-0.4, -0.2) is 34.9 Å². The van der Waals surface area contributed by atoms with Gasteiger partial charge in [-0.25, -0.2) is 18.0 Å². The predicted molar refractivity (Wildman–Crippen MR) is 101 cm³/mol. The fraction of sp³-hybridized carbons (Fsp3) is 0.579. The van der Waals surface area contributed by atoms with Crippen LogP contribution < -0.4 is 21.9 Å². The van der Waals surface area contributed by atoms with E-state index in [1.165, 1.54) is 16.4 Å². The van der Waals surface area contributed by atoms with Crippen LogP contribution in [0, 0.1) is 18.7 Å². The van der Waals surface area contributed by atoms with Crippen LogP contribution in [0.3, 0.4) is 0 Å². The smallest absolute Gasteiger partial charge is 0.369 e. The molecule has 1 saturated carbocycles. The normalized spacial score (nSPS) is 20.8. The van der Waals surface area contributed by atoms with Crippen LogP contribution in [-0.2, 0) is 0 Å². The number of aryl methyl sites for hydroxylation is 1. The summed E-state index contributed by atoms with van der Waals surface area (Å²) in [5.74, 6) is -2.41. The number of nitrogens with two attached hydrogens (primary N) is 1. The molecule has 1 saturated heterocycles. The van der Waals surface area contributed by atoms with Crippen molar-refractivity contribution in [2.75, 3.05) is 18.0 Å². The molecule has 4 rings (SSSR count). The van der Waals surface area contributed by atoms with Crippen LogP contribution in [0.5, 0.6) is 0 Å². The maximum absolute atomic E-state index is 15.3. The first kappa shape index (κ1) is 21.7. The van der Waals surface area contributed by atoms with E-state index in [1.54, 1.807) is 0 Å². The lowest BCUT2D eigenvalue weighted by Gasteiger charge is -2.27. The number of H-pyrrole nitrogens is 1. The molecule has 0 spiro atoms. The van der Waals surface area contributed by atoms with Crippen LogP contribution in [0.1, 0.15) is 42.9 Å². The summed E-state index contributed by atoms with van der Waals surface area (Å²) >= 11 is 0. The van der Waals surface area contributed by atoms with Gasteiger partial charge < -0.3 is 10.6 Å². The van der Waals surface area contributed by atoms with Crippen LogP contribution in [0.15, 0.2) is 9.59 Å². The van der Waals surface area contributed by atoms with Gasteiger partial charge in [-0.15, -0.1) is 0 Å². The number of aromatic amines is 1. The second kappa shape index (κ2) is 7.28. The SMILES string of the molecule is Cc1c(N2CCC(C(N)C(F)(F)F)C2)c(F)c(C(F)F)c2c(=O)[nH]c(=O)n(C3CC3)c12. The Hall–Kier alpha value is -2.50. The number of hydrogen-bond donors (Lipinski definition) is 2. The molecule has 0 radical (unpaired) electrons. The number of nitrogens with one attached hydrogen (secondary N) is 1. The molecule has 6 nitrogen and oxygen atoms in total. The van der Waals surface area contributed by atoms with Gasteiger partial charge in [-0.3, -0.25) is 14.3 Å². The molecule has 2 aliphatic rings. The van der Waals surface area contributed by atoms with Gasteiger partial charge in [-0.1, -0.05) is 0 Å². The highest BCUT2D eigenvalue weighted by Gasteiger charge is 2.45. The second-order valence-corrected chi connectivity index (χ2v) is 8.15. The van der Waals surface area contributed by atoms with E-state index in [-0.39, 0.29) is 42.3 Å². The minimum atomic E-state index is -4.65. The minimum Gasteiger partial charge on any atom is -0.369 e. The summed E-state index contributed by atoms with van der Waals surface area (Å²) in [6.45, 7) is 1.06. The van der Waals surface area contributed by atoms with E-state index >= 15 is 4.39 Å². The summed E-state index contributed by atoms with van der Waals surface area (Å²) in [4.78, 5) is 28.0. The van der Waals surface area contributed by atoms with Gasteiger partial charge in [0.1, 0.15) is 6.04 Å². The monoisotopic (exact) mass is 450 g/mol. The molecule has 31 heavy (non-hydrogen) atoms. The van der Waals surface area contributed by atoms with Crippen molar-refractivity contribution in [2.24, 2.45) is 11.7 Å². The molecule has 0 amide bonds. The third kappa shape index (κ3) is 3.50. The molecule has 0 bridgehead atoms. The topological polar surface area (TPSA) is 84.1 Å². The van der Waals surface area contributed by atoms with Crippen molar-refractivity contribution in [1.82, 2.24) is 9.55 Å². The van der Waals surface area contributed by atoms with E-state index in [0.717, 1.165) is 0 Å². The molecule has 1 aromatic carbocycles. The van der Waals surface area contributed by atoms with Gasteiger partial charge in [0.05, 0.1) is 22.2 Å². The lowest BCUT2D eigenvalue weighted by atomic mass is 9.99. The summed E-state index contributed by atoms with van der Waals surface area (Å²) in [5.41, 5.74) is 1.86. The molecule has 3 N–H and O–H groups in total. The van der Waals surface area contributed by atoms with Crippen molar-refractivity contribution in [3.05, 3.63) is 37.8 Å². The van der Waals surface area contributed by atoms with E-state index in [9.17, 15) is 31.5 Å². The maximum atomic E-state index is 15.3. The van der Waals surface area contributed by atoms with Crippen molar-refractivity contribution in [2.45, 2.75) is 50.9 Å². The Morgan fingerprint density at radius 2 is 1.81 bits per heavy atom. The Kier molecular flexibility index (Phi) is 5.10. The van der Waals surface area contributed by atoms with Gasteiger partial charge in [0.25, 0.3) is 12.0 Å². The molecular weight excluding hydrogens is 430 g/mol. The van der Waals surface area contributed by atoms with Crippen molar-refractivity contribution in [3.63, 3.8) is 0 Å². The molecule has 1 aliphatic carbocycles. The lowest BCUT2D eigenvalue weighted by Crippen LogP contribution is -2.44. The average molecular weight is 450 g/mol. The molecule has 2 unspecified atom stereocenters. The van der Waals surface area contributed by atoms with Gasteiger partial charge in [0, 0.05) is 30.6 Å². The summed E-state index contributed by atoms with van der Waals surface area (Å²) in [5, 5.41) is -0.608. The lowest BCUT2D eigenvalue weighted by molar-refractivity contribution is -0.157. The van der Waals surface area contributed by atoms with E-state index in [0.29, 0.717) is 12.8 Å². The van der Waals surface area contributed by atoms with E-state index in [4.69, 9.17) is 5.73 Å². The molecule has 1 aliphatic heterocycles. The first-order valence-corrected chi connectivity index (χ1v) is 9.79. The zero-order valence-corrected chi connectivity index (χ0v) is 16.4. The molecule has 170 valence electrons. The molecule has 2 fully saturated rings. The van der Waals surface area contributed by atoms with Crippen LogP contribution in [0.2, 0.25) is 0 Å². The highest BCUT2D eigenvalue weighted by molar-refractivity contribution is 5.90. The number of aromatic nitrogens is 2. The maximum Gasteiger partial charge on any atom is 0.403 e. The summed E-state index contributed by atoms with van der Waals surface area (Å²) in [6.07, 6.45) is -6.85. The Balaban J connectivity index is 1.94. The quantitative estimate of drug-likeness (QED) is 0.702. The zero-order valence-electron chi connectivity index (χ0n) is 16.4. The summed E-state index contributed by atoms with van der Waals surface area (Å²) in [7, 11) is 0. The molecule has 1 aromatic heterocycles. The molecule has 2 aromatic rings. The Labute approximate surface area is 171 Å². The molecule has 2 atom stereocenters. The van der Waals surface area contributed by atoms with Crippen molar-refractivity contribution < 1.29 is 26.3 Å². The molecular formula is C19H20F6N4O2. The van der Waals surface area contributed by atoms with Crippen molar-refractivity contribution in [3.8, 4) is 0 Å². The first-order chi connectivity index (χ1) is 14.4. The molecule has 2 heterocycles. The average Bonchev–Trinajstić information content (AvgIpc) is 3.38. The number of hydrogen-bond acceptors (Lipinski definition) is 4. The van der Waals surface area contributed by atoms with Gasteiger partial charge in [0.2, 0.25) is 0 Å². The van der Waals surface area contributed by atoms with Crippen molar-refractivity contribution in [1.29, 1.82) is 0 Å². The fourth-order valence-electron chi connectivity index (χ4n) is 4.49. The third-order valence-electron chi connectivity index (χ3n) is 6.13. The summed E-state index contributed by atoms with van der Waals surface area (Å²) < 4.78 is 83.3. The van der Waals surface area contributed by atoms with Gasteiger partial charge in [-0.05, 0) is 26.2 Å². The minimum absolute atomic E-state index is 0.00753. The Morgan fingerprint density at radius 3 is 2.35 bits per heavy atom. The first-order valence-electron chi connectivity index (χ1n) is 9.79. The highest BCUT2D eigenvalue weighted by Crippen LogP contribution is 2.43. The van der Waals surface area contributed by atoms with Gasteiger partial charge in [-0.2, -0.15) is 13.2 Å². The Morgan fingerprint density at radius 1 is 1.16 bits per heavy atom. The second-order valence-electron chi connectivity index (χ2n) is 8.15. The zero-order chi connectivity index (χ0) is 22.8. The number of rotatable bonds is 4. The fourth-order valence-corrected chi connectivity index (χ4v) is 4.49. The Bertz CT molecular complexity index is 1150. The predicted octanol–water partition coefficient (Wildman–Crippen LogP) is 3.13. The standard InChI is InChI=1S/C19H20F6N4O2/c1-7-13-11(17(30)27-18(31)29(13)9-2-3-9)10(16(21)22)12(20)14(7)28-5-4-8(6-28)15(26)19(23,24)25/h8-9,15-16H,2-6,26H2,1H3,(H,27,30,31). The number of nitrogens with zero attached hydrogens (tertiary/aromatic N) is 2. The number of benzene rings is 1. The summed E-state index contributed by atoms with van der Waals surface area (Å²) in [6, 6.07) is -2.46. The van der Waals surface area contributed by atoms with Gasteiger partial charge >= 0.3 is 11.9 Å². The van der Waals surface area contributed by atoms with E-state index < -0.39 is 52.6 Å². The number of alkyl halides is 5. The van der Waals surface area contributed by atoms with E-state index in [1.807, 2.05) is 4.98 Å². The number of anilines is 1.